The van der Waals surface area contributed by atoms with Crippen molar-refractivity contribution in [2.24, 2.45) is 0 Å². The van der Waals surface area contributed by atoms with Crippen LogP contribution in [0.25, 0.3) is 11.1 Å². The Labute approximate surface area is 176 Å². The molecule has 146 valence electrons. The Hall–Kier alpha value is -2.09. The lowest BCUT2D eigenvalue weighted by Crippen LogP contribution is -2.26. The van der Waals surface area contributed by atoms with Gasteiger partial charge in [-0.05, 0) is 37.6 Å². The van der Waals surface area contributed by atoms with Crippen molar-refractivity contribution in [3.63, 3.8) is 0 Å². The quantitative estimate of drug-likeness (QED) is 0.476. The number of hydrogen-bond acceptors (Lipinski definition) is 6. The maximum Gasteiger partial charge on any atom is 0.319 e. The van der Waals surface area contributed by atoms with Crippen molar-refractivity contribution in [2.45, 2.75) is 29.4 Å². The van der Waals surface area contributed by atoms with Crippen LogP contribution in [-0.4, -0.2) is 32.4 Å². The summed E-state index contributed by atoms with van der Waals surface area (Å²) in [4.78, 5) is 20.0. The molecule has 0 fully saturated rings. The number of carboxylic acids is 1. The van der Waals surface area contributed by atoms with Crippen LogP contribution in [0.15, 0.2) is 52.3 Å². The first-order valence-electron chi connectivity index (χ1n) is 8.55. The van der Waals surface area contributed by atoms with E-state index in [0.29, 0.717) is 23.9 Å². The normalized spacial score (nSPS) is 11.4. The highest BCUT2D eigenvalue weighted by atomic mass is 35.5. The Bertz CT molecular complexity index is 958. The molecule has 0 bridgehead atoms. The zero-order valence-electron chi connectivity index (χ0n) is 15.4. The number of thiazole rings is 1. The summed E-state index contributed by atoms with van der Waals surface area (Å²) in [6.45, 7) is 3.78. The monoisotopic (exact) mass is 434 g/mol. The molecule has 1 aromatic carbocycles. The van der Waals surface area contributed by atoms with Gasteiger partial charge in [0.1, 0.15) is 4.75 Å². The van der Waals surface area contributed by atoms with Gasteiger partial charge < -0.3 is 9.84 Å². The number of aliphatic carboxylic acids is 1. The number of carboxylic acid groups (broad SMARTS) is 1. The van der Waals surface area contributed by atoms with Crippen LogP contribution >= 0.6 is 34.7 Å². The third-order valence-corrected chi connectivity index (χ3v) is 6.30. The van der Waals surface area contributed by atoms with Gasteiger partial charge in [-0.1, -0.05) is 35.5 Å². The highest BCUT2D eigenvalue weighted by molar-refractivity contribution is 8.02. The van der Waals surface area contributed by atoms with Crippen molar-refractivity contribution in [3.05, 3.63) is 58.7 Å². The highest BCUT2D eigenvalue weighted by Crippen LogP contribution is 2.34. The molecule has 0 aliphatic rings. The minimum Gasteiger partial charge on any atom is -0.480 e. The van der Waals surface area contributed by atoms with Crippen molar-refractivity contribution in [1.29, 1.82) is 0 Å². The average molecular weight is 435 g/mol. The Balaban J connectivity index is 1.52. The lowest BCUT2D eigenvalue weighted by atomic mass is 10.1. The van der Waals surface area contributed by atoms with Crippen molar-refractivity contribution in [3.8, 4) is 17.0 Å². The Morgan fingerprint density at radius 1 is 1.29 bits per heavy atom. The average Bonchev–Trinajstić information content (AvgIpc) is 3.09. The smallest absolute Gasteiger partial charge is 0.319 e. The molecule has 0 spiro atoms. The van der Waals surface area contributed by atoms with E-state index < -0.39 is 10.7 Å². The lowest BCUT2D eigenvalue weighted by Gasteiger charge is -2.15. The summed E-state index contributed by atoms with van der Waals surface area (Å²) in [7, 11) is 0. The van der Waals surface area contributed by atoms with Gasteiger partial charge in [0, 0.05) is 34.7 Å². The molecule has 3 rings (SSSR count). The van der Waals surface area contributed by atoms with Gasteiger partial charge >= 0.3 is 5.97 Å². The van der Waals surface area contributed by atoms with Crippen LogP contribution in [0.5, 0.6) is 5.88 Å². The number of hydrogen-bond donors (Lipinski definition) is 1. The van der Waals surface area contributed by atoms with Crippen LogP contribution in [0.4, 0.5) is 0 Å². The molecule has 0 amide bonds. The maximum atomic E-state index is 11.2. The minimum atomic E-state index is -0.903. The van der Waals surface area contributed by atoms with Crippen LogP contribution in [0.2, 0.25) is 5.02 Å². The fourth-order valence-corrected chi connectivity index (χ4v) is 4.69. The van der Waals surface area contributed by atoms with E-state index in [0.717, 1.165) is 21.2 Å². The zero-order valence-corrected chi connectivity index (χ0v) is 17.8. The molecule has 5 nitrogen and oxygen atoms in total. The second kappa shape index (κ2) is 8.94. The van der Waals surface area contributed by atoms with E-state index in [1.54, 1.807) is 20.0 Å². The van der Waals surface area contributed by atoms with Crippen molar-refractivity contribution in [2.75, 3.05) is 6.61 Å². The van der Waals surface area contributed by atoms with Crippen molar-refractivity contribution < 1.29 is 14.6 Å². The number of ether oxygens (including phenoxy) is 1. The van der Waals surface area contributed by atoms with Gasteiger partial charge in [-0.3, -0.25) is 4.79 Å². The molecule has 0 aliphatic carbocycles. The Kier molecular flexibility index (Phi) is 6.59. The van der Waals surface area contributed by atoms with Gasteiger partial charge in [-0.25, -0.2) is 9.97 Å². The van der Waals surface area contributed by atoms with Gasteiger partial charge in [0.25, 0.3) is 0 Å². The van der Waals surface area contributed by atoms with E-state index >= 15 is 0 Å². The topological polar surface area (TPSA) is 72.3 Å². The van der Waals surface area contributed by atoms with Crippen molar-refractivity contribution >= 4 is 40.7 Å². The second-order valence-electron chi connectivity index (χ2n) is 6.52. The molecular formula is C20H19ClN2O3S2. The fourth-order valence-electron chi connectivity index (χ4n) is 2.28. The van der Waals surface area contributed by atoms with E-state index in [9.17, 15) is 9.90 Å². The first-order chi connectivity index (χ1) is 13.3. The fraction of sp³-hybridized carbons (Fsp3) is 0.250. The van der Waals surface area contributed by atoms with Crippen LogP contribution in [0, 0.1) is 0 Å². The predicted molar refractivity (Wildman–Crippen MR) is 114 cm³/mol. The van der Waals surface area contributed by atoms with Gasteiger partial charge in [0.2, 0.25) is 5.88 Å². The summed E-state index contributed by atoms with van der Waals surface area (Å²) >= 11 is 8.72. The highest BCUT2D eigenvalue weighted by Gasteiger charge is 2.29. The van der Waals surface area contributed by atoms with Crippen LogP contribution < -0.4 is 4.74 Å². The number of carbonyl (C=O) groups is 1. The lowest BCUT2D eigenvalue weighted by molar-refractivity contribution is -0.138. The summed E-state index contributed by atoms with van der Waals surface area (Å²) in [5, 5.41) is 11.8. The summed E-state index contributed by atoms with van der Waals surface area (Å²) in [6, 6.07) is 11.4. The number of thioether (sulfide) groups is 1. The summed E-state index contributed by atoms with van der Waals surface area (Å²) < 4.78 is 5.54. The molecule has 8 heteroatoms. The number of benzene rings is 1. The molecule has 2 heterocycles. The first-order valence-corrected chi connectivity index (χ1v) is 10.6. The van der Waals surface area contributed by atoms with E-state index in [2.05, 4.69) is 9.97 Å². The molecule has 3 aromatic rings. The van der Waals surface area contributed by atoms with E-state index in [4.69, 9.17) is 16.3 Å². The third-order valence-electron chi connectivity index (χ3n) is 3.89. The predicted octanol–water partition coefficient (Wildman–Crippen LogP) is 5.44. The minimum absolute atomic E-state index is 0.444. The largest absolute Gasteiger partial charge is 0.480 e. The molecule has 1 N–H and O–H groups in total. The molecule has 28 heavy (non-hydrogen) atoms. The second-order valence-corrected chi connectivity index (χ2v) is 9.68. The number of aromatic nitrogens is 2. The van der Waals surface area contributed by atoms with E-state index in [1.165, 1.54) is 23.1 Å². The van der Waals surface area contributed by atoms with Crippen LogP contribution in [0.3, 0.4) is 0 Å². The standard InChI is InChI=1S/C20H19ClN2O3S2/c1-20(2,18(24)25)28-19-23-16(12-27-19)8-9-26-17-7-6-14(11-22-17)13-4-3-5-15(21)10-13/h3-7,10-12H,8-9H2,1-2H3,(H,24,25). The van der Waals surface area contributed by atoms with Crippen LogP contribution in [0.1, 0.15) is 19.5 Å². The number of halogens is 1. The SMILES string of the molecule is CC(C)(Sc1nc(CCOc2ccc(-c3cccc(Cl)c3)cn2)cs1)C(=O)O. The van der Waals surface area contributed by atoms with Crippen molar-refractivity contribution in [1.82, 2.24) is 9.97 Å². The van der Waals surface area contributed by atoms with E-state index in [1.807, 2.05) is 41.8 Å². The summed E-state index contributed by atoms with van der Waals surface area (Å²) in [6.07, 6.45) is 2.38. The molecular weight excluding hydrogens is 416 g/mol. The summed E-state index contributed by atoms with van der Waals surface area (Å²) in [5.41, 5.74) is 2.85. The molecule has 0 saturated carbocycles. The number of pyridine rings is 1. The molecule has 2 aromatic heterocycles. The Morgan fingerprint density at radius 2 is 2.11 bits per heavy atom. The molecule has 0 atom stereocenters. The van der Waals surface area contributed by atoms with Gasteiger partial charge in [0.15, 0.2) is 4.34 Å². The molecule has 0 saturated heterocycles. The van der Waals surface area contributed by atoms with Crippen LogP contribution in [-0.2, 0) is 11.2 Å². The molecule has 0 aliphatic heterocycles. The number of nitrogens with zero attached hydrogens (tertiary/aromatic N) is 2. The maximum absolute atomic E-state index is 11.2. The molecule has 0 radical (unpaired) electrons. The third kappa shape index (κ3) is 5.47. The van der Waals surface area contributed by atoms with Gasteiger partial charge in [-0.2, -0.15) is 0 Å². The van der Waals surface area contributed by atoms with E-state index in [-0.39, 0.29) is 0 Å². The summed E-state index contributed by atoms with van der Waals surface area (Å²) in [5.74, 6) is -0.313. The Morgan fingerprint density at radius 3 is 2.79 bits per heavy atom. The van der Waals surface area contributed by atoms with Gasteiger partial charge in [0.05, 0.1) is 12.3 Å². The molecule has 0 unspecified atom stereocenters. The van der Waals surface area contributed by atoms with Gasteiger partial charge in [-0.15, -0.1) is 11.3 Å². The zero-order chi connectivity index (χ0) is 20.1. The number of rotatable bonds is 8. The first kappa shape index (κ1) is 20.6.